The van der Waals surface area contributed by atoms with Gasteiger partial charge in [0.15, 0.2) is 5.13 Å². The second-order valence-corrected chi connectivity index (χ2v) is 9.04. The predicted molar refractivity (Wildman–Crippen MR) is 122 cm³/mol. The third kappa shape index (κ3) is 5.08. The standard InChI is InChI=1S/C23H26FN5OS/c1-23(2,17-6-8-18(24)9-7-17)21(30)27-22-26-19(16-31-22)15-28-11-13-29(14-12-28)20-5-3-4-10-25-20/h3-10,16H,11-15H2,1-2H3,(H,26,27,30). The summed E-state index contributed by atoms with van der Waals surface area (Å²) in [5, 5.41) is 5.50. The predicted octanol–water partition coefficient (Wildman–Crippen LogP) is 3.92. The number of piperazine rings is 1. The molecule has 1 fully saturated rings. The summed E-state index contributed by atoms with van der Waals surface area (Å²) in [4.78, 5) is 26.5. The fourth-order valence-corrected chi connectivity index (χ4v) is 4.29. The molecule has 3 aromatic rings. The summed E-state index contributed by atoms with van der Waals surface area (Å²) < 4.78 is 13.2. The average Bonchev–Trinajstić information content (AvgIpc) is 3.22. The molecular formula is C23H26FN5OS. The molecule has 6 nitrogen and oxygen atoms in total. The number of amides is 1. The van der Waals surface area contributed by atoms with Crippen molar-refractivity contribution in [3.8, 4) is 0 Å². The Morgan fingerprint density at radius 2 is 1.87 bits per heavy atom. The van der Waals surface area contributed by atoms with Crippen molar-refractivity contribution in [1.29, 1.82) is 0 Å². The van der Waals surface area contributed by atoms with Gasteiger partial charge in [0.2, 0.25) is 5.91 Å². The highest BCUT2D eigenvalue weighted by atomic mass is 32.1. The Bertz CT molecular complexity index is 1010. The summed E-state index contributed by atoms with van der Waals surface area (Å²) in [6.45, 7) is 8.13. The molecule has 4 rings (SSSR count). The van der Waals surface area contributed by atoms with Gasteiger partial charge in [-0.2, -0.15) is 0 Å². The average molecular weight is 440 g/mol. The smallest absolute Gasteiger partial charge is 0.236 e. The first-order chi connectivity index (χ1) is 14.9. The lowest BCUT2D eigenvalue weighted by Crippen LogP contribution is -2.46. The maximum atomic E-state index is 13.2. The van der Waals surface area contributed by atoms with Gasteiger partial charge in [-0.25, -0.2) is 14.4 Å². The van der Waals surface area contributed by atoms with Gasteiger partial charge in [-0.15, -0.1) is 11.3 Å². The van der Waals surface area contributed by atoms with Gasteiger partial charge in [0.05, 0.1) is 11.1 Å². The van der Waals surface area contributed by atoms with Crippen LogP contribution in [0, 0.1) is 5.82 Å². The highest BCUT2D eigenvalue weighted by molar-refractivity contribution is 7.13. The lowest BCUT2D eigenvalue weighted by atomic mass is 9.84. The number of hydrogen-bond acceptors (Lipinski definition) is 6. The van der Waals surface area contributed by atoms with Crippen LogP contribution in [0.5, 0.6) is 0 Å². The molecule has 0 saturated carbocycles. The number of carbonyl (C=O) groups excluding carboxylic acids is 1. The Hall–Kier alpha value is -2.84. The van der Waals surface area contributed by atoms with Crippen LogP contribution in [0.25, 0.3) is 0 Å². The first-order valence-electron chi connectivity index (χ1n) is 10.3. The zero-order chi connectivity index (χ0) is 21.8. The molecule has 31 heavy (non-hydrogen) atoms. The molecule has 8 heteroatoms. The molecule has 0 unspecified atom stereocenters. The first-order valence-corrected chi connectivity index (χ1v) is 11.2. The minimum Gasteiger partial charge on any atom is -0.354 e. The molecular weight excluding hydrogens is 413 g/mol. The Kier molecular flexibility index (Phi) is 6.29. The van der Waals surface area contributed by atoms with Crippen molar-refractivity contribution >= 4 is 28.2 Å². The van der Waals surface area contributed by atoms with Gasteiger partial charge in [-0.05, 0) is 43.7 Å². The molecule has 3 heterocycles. The number of hydrogen-bond donors (Lipinski definition) is 1. The molecule has 1 amide bonds. The van der Waals surface area contributed by atoms with Crippen LogP contribution in [-0.4, -0.2) is 47.0 Å². The van der Waals surface area contributed by atoms with E-state index < -0.39 is 5.41 Å². The fourth-order valence-electron chi connectivity index (χ4n) is 3.59. The number of halogens is 1. The maximum absolute atomic E-state index is 13.2. The largest absolute Gasteiger partial charge is 0.354 e. The summed E-state index contributed by atoms with van der Waals surface area (Å²) in [6.07, 6.45) is 1.82. The SMILES string of the molecule is CC(C)(C(=O)Nc1nc(CN2CCN(c3ccccn3)CC2)cs1)c1ccc(F)cc1. The zero-order valence-corrected chi connectivity index (χ0v) is 18.5. The van der Waals surface area contributed by atoms with Crippen LogP contribution in [0.4, 0.5) is 15.3 Å². The molecule has 0 radical (unpaired) electrons. The second-order valence-electron chi connectivity index (χ2n) is 8.18. The quantitative estimate of drug-likeness (QED) is 0.631. The van der Waals surface area contributed by atoms with Crippen molar-refractivity contribution < 1.29 is 9.18 Å². The van der Waals surface area contributed by atoms with Crippen LogP contribution in [0.3, 0.4) is 0 Å². The van der Waals surface area contributed by atoms with E-state index in [1.54, 1.807) is 12.1 Å². The molecule has 0 atom stereocenters. The van der Waals surface area contributed by atoms with Gasteiger partial charge in [0, 0.05) is 44.3 Å². The number of pyridine rings is 1. The number of carbonyl (C=O) groups is 1. The third-order valence-electron chi connectivity index (χ3n) is 5.64. The van der Waals surface area contributed by atoms with E-state index in [0.717, 1.165) is 49.8 Å². The van der Waals surface area contributed by atoms with Crippen molar-refractivity contribution in [3.63, 3.8) is 0 Å². The molecule has 1 aliphatic rings. The number of nitrogens with zero attached hydrogens (tertiary/aromatic N) is 4. The fraction of sp³-hybridized carbons (Fsp3) is 0.348. The Balaban J connectivity index is 1.31. The van der Waals surface area contributed by atoms with Crippen LogP contribution < -0.4 is 10.2 Å². The summed E-state index contributed by atoms with van der Waals surface area (Å²) in [7, 11) is 0. The normalized spacial score (nSPS) is 15.1. The summed E-state index contributed by atoms with van der Waals surface area (Å²) in [5.74, 6) is 0.541. The van der Waals surface area contributed by atoms with Crippen molar-refractivity contribution in [1.82, 2.24) is 14.9 Å². The van der Waals surface area contributed by atoms with Gasteiger partial charge in [0.1, 0.15) is 11.6 Å². The van der Waals surface area contributed by atoms with Crippen LogP contribution in [0.1, 0.15) is 25.1 Å². The minimum atomic E-state index is -0.790. The molecule has 1 aliphatic heterocycles. The number of anilines is 2. The zero-order valence-electron chi connectivity index (χ0n) is 17.7. The van der Waals surface area contributed by atoms with E-state index in [1.807, 2.05) is 43.6 Å². The summed E-state index contributed by atoms with van der Waals surface area (Å²) >= 11 is 1.43. The van der Waals surface area contributed by atoms with E-state index >= 15 is 0 Å². The van der Waals surface area contributed by atoms with Gasteiger partial charge >= 0.3 is 0 Å². The number of aromatic nitrogens is 2. The minimum absolute atomic E-state index is 0.163. The molecule has 0 spiro atoms. The first kappa shape index (κ1) is 21.4. The van der Waals surface area contributed by atoms with Crippen LogP contribution >= 0.6 is 11.3 Å². The van der Waals surface area contributed by atoms with Gasteiger partial charge in [-0.1, -0.05) is 18.2 Å². The highest BCUT2D eigenvalue weighted by Crippen LogP contribution is 2.27. The molecule has 0 bridgehead atoms. The summed E-state index contributed by atoms with van der Waals surface area (Å²) in [6, 6.07) is 12.0. The summed E-state index contributed by atoms with van der Waals surface area (Å²) in [5.41, 5.74) is 0.918. The van der Waals surface area contributed by atoms with Gasteiger partial charge < -0.3 is 10.2 Å². The lowest BCUT2D eigenvalue weighted by molar-refractivity contribution is -0.120. The third-order valence-corrected chi connectivity index (χ3v) is 6.44. The monoisotopic (exact) mass is 439 g/mol. The molecule has 1 aromatic carbocycles. The molecule has 0 aliphatic carbocycles. The Labute approximate surface area is 185 Å². The van der Waals surface area contributed by atoms with Crippen LogP contribution in [-0.2, 0) is 16.8 Å². The van der Waals surface area contributed by atoms with Gasteiger partial charge in [-0.3, -0.25) is 9.69 Å². The van der Waals surface area contributed by atoms with E-state index in [4.69, 9.17) is 0 Å². The van der Waals surface area contributed by atoms with Crippen molar-refractivity contribution in [2.75, 3.05) is 36.4 Å². The molecule has 2 aromatic heterocycles. The maximum Gasteiger partial charge on any atom is 0.236 e. The highest BCUT2D eigenvalue weighted by Gasteiger charge is 2.30. The van der Waals surface area contributed by atoms with Crippen molar-refractivity contribution in [3.05, 3.63) is 71.1 Å². The van der Waals surface area contributed by atoms with E-state index in [-0.39, 0.29) is 11.7 Å². The van der Waals surface area contributed by atoms with Crippen LogP contribution in [0.2, 0.25) is 0 Å². The second kappa shape index (κ2) is 9.11. The van der Waals surface area contributed by atoms with E-state index in [1.165, 1.54) is 23.5 Å². The number of thiazole rings is 1. The topological polar surface area (TPSA) is 61.4 Å². The molecule has 162 valence electrons. The van der Waals surface area contributed by atoms with Gasteiger partial charge in [0.25, 0.3) is 0 Å². The van der Waals surface area contributed by atoms with E-state index in [9.17, 15) is 9.18 Å². The van der Waals surface area contributed by atoms with E-state index in [0.29, 0.717) is 5.13 Å². The molecule has 1 N–H and O–H groups in total. The Morgan fingerprint density at radius 3 is 2.55 bits per heavy atom. The van der Waals surface area contributed by atoms with Crippen molar-refractivity contribution in [2.45, 2.75) is 25.8 Å². The van der Waals surface area contributed by atoms with E-state index in [2.05, 4.69) is 25.1 Å². The number of benzene rings is 1. The number of nitrogens with one attached hydrogen (secondary N) is 1. The number of rotatable bonds is 6. The van der Waals surface area contributed by atoms with Crippen LogP contribution in [0.15, 0.2) is 54.0 Å². The Morgan fingerprint density at radius 1 is 1.13 bits per heavy atom. The molecule has 1 saturated heterocycles. The van der Waals surface area contributed by atoms with Crippen molar-refractivity contribution in [2.24, 2.45) is 0 Å². The lowest BCUT2D eigenvalue weighted by Gasteiger charge is -2.35.